The number of aryl methyl sites for hydroxylation is 1. The van der Waals surface area contributed by atoms with Crippen molar-refractivity contribution >= 4 is 35.1 Å². The standard InChI is InChI=1S/C42H48FN9O4/c1-42(2,3)51-40(54)30-10-5-12-32(39(30)41(51)55)44-18-25-56-24-17-38(53)49-22-20-48(21-23-49)36-14-6-11-31(46-36)34-27-45-35-15-16-37(47-52(34)35)50-19-7-13-33(50)28-8-4-9-29(43)26-28/h4-6,8-12,14,26-27,33,44H,7,13,15-25H2,1-3H3/t33-/m1/s1. The van der Waals surface area contributed by atoms with Gasteiger partial charge in [0.2, 0.25) is 5.91 Å². The second-order valence-corrected chi connectivity index (χ2v) is 15.7. The number of hydrogen-bond acceptors (Lipinski definition) is 10. The van der Waals surface area contributed by atoms with E-state index in [0.717, 1.165) is 66.7 Å². The molecule has 2 saturated heterocycles. The summed E-state index contributed by atoms with van der Waals surface area (Å²) in [6.07, 6.45) is 5.65. The maximum absolute atomic E-state index is 14.1. The van der Waals surface area contributed by atoms with Gasteiger partial charge >= 0.3 is 0 Å². The number of nitrogens with one attached hydrogen (secondary N) is 1. The van der Waals surface area contributed by atoms with Crippen LogP contribution in [-0.2, 0) is 16.0 Å². The summed E-state index contributed by atoms with van der Waals surface area (Å²) >= 11 is 0. The molecular weight excluding hydrogens is 714 g/mol. The van der Waals surface area contributed by atoms with Crippen molar-refractivity contribution in [2.45, 2.75) is 64.5 Å². The zero-order chi connectivity index (χ0) is 39.0. The molecule has 2 fully saturated rings. The van der Waals surface area contributed by atoms with Gasteiger partial charge in [0.1, 0.15) is 29.0 Å². The van der Waals surface area contributed by atoms with Crippen molar-refractivity contribution in [3.63, 3.8) is 0 Å². The Kier molecular flexibility index (Phi) is 10.3. The summed E-state index contributed by atoms with van der Waals surface area (Å²) in [7, 11) is 0. The van der Waals surface area contributed by atoms with E-state index in [1.54, 1.807) is 30.3 Å². The van der Waals surface area contributed by atoms with Crippen molar-refractivity contribution < 1.29 is 23.5 Å². The normalized spacial score (nSPS) is 18.4. The van der Waals surface area contributed by atoms with Crippen LogP contribution in [0.15, 0.2) is 72.0 Å². The molecule has 13 nitrogen and oxygen atoms in total. The Morgan fingerprint density at radius 3 is 2.55 bits per heavy atom. The van der Waals surface area contributed by atoms with Gasteiger partial charge < -0.3 is 24.8 Å². The molecule has 4 aromatic rings. The lowest BCUT2D eigenvalue weighted by Gasteiger charge is -2.35. The zero-order valence-corrected chi connectivity index (χ0v) is 32.2. The Hall–Kier alpha value is -5.63. The van der Waals surface area contributed by atoms with Crippen molar-refractivity contribution in [3.8, 4) is 11.4 Å². The molecule has 14 heteroatoms. The summed E-state index contributed by atoms with van der Waals surface area (Å²) in [6.45, 7) is 9.96. The number of anilines is 2. The highest BCUT2D eigenvalue weighted by Gasteiger charge is 2.43. The summed E-state index contributed by atoms with van der Waals surface area (Å²) in [4.78, 5) is 56.5. The fraction of sp³-hybridized carbons (Fsp3) is 0.429. The smallest absolute Gasteiger partial charge is 0.264 e. The van der Waals surface area contributed by atoms with Crippen LogP contribution in [0.3, 0.4) is 0 Å². The Morgan fingerprint density at radius 1 is 0.946 bits per heavy atom. The number of pyridine rings is 1. The van der Waals surface area contributed by atoms with Crippen molar-refractivity contribution in [3.05, 3.63) is 95.2 Å². The van der Waals surface area contributed by atoms with Crippen LogP contribution in [-0.4, -0.2) is 111 Å². The van der Waals surface area contributed by atoms with Gasteiger partial charge in [0.15, 0.2) is 0 Å². The SMILES string of the molecule is CC(C)(C)N1C(=O)c2cccc(NCCOCCC(=O)N3CCN(c4cccc(-c5cnc6n5N=C(N5CCC[C@@H]5c5cccc(F)c5)CC6)n4)CC3)c2C1=O. The minimum Gasteiger partial charge on any atom is -0.382 e. The van der Waals surface area contributed by atoms with E-state index in [4.69, 9.17) is 14.8 Å². The maximum Gasteiger partial charge on any atom is 0.264 e. The molecular formula is C42H48FN9O4. The van der Waals surface area contributed by atoms with Gasteiger partial charge in [-0.3, -0.25) is 19.3 Å². The second-order valence-electron chi connectivity index (χ2n) is 15.7. The van der Waals surface area contributed by atoms with Crippen LogP contribution in [0, 0.1) is 5.82 Å². The molecule has 4 aliphatic heterocycles. The number of fused-ring (bicyclic) bond motifs is 2. The van der Waals surface area contributed by atoms with Gasteiger partial charge in [0.25, 0.3) is 11.8 Å². The van der Waals surface area contributed by atoms with Crippen LogP contribution >= 0.6 is 0 Å². The number of ether oxygens (including phenoxy) is 1. The predicted molar refractivity (Wildman–Crippen MR) is 211 cm³/mol. The number of benzene rings is 2. The van der Waals surface area contributed by atoms with Crippen molar-refractivity contribution in [1.82, 2.24) is 29.3 Å². The zero-order valence-electron chi connectivity index (χ0n) is 32.2. The van der Waals surface area contributed by atoms with E-state index in [0.29, 0.717) is 56.1 Å². The number of aromatic nitrogens is 3. The largest absolute Gasteiger partial charge is 0.382 e. The van der Waals surface area contributed by atoms with Crippen molar-refractivity contribution in [1.29, 1.82) is 0 Å². The molecule has 0 radical (unpaired) electrons. The quantitative estimate of drug-likeness (QED) is 0.163. The number of piperazine rings is 1. The van der Waals surface area contributed by atoms with Crippen LogP contribution in [0.4, 0.5) is 15.9 Å². The first-order valence-corrected chi connectivity index (χ1v) is 19.6. The van der Waals surface area contributed by atoms with Crippen LogP contribution in [0.5, 0.6) is 0 Å². The third kappa shape index (κ3) is 7.37. The average molecular weight is 762 g/mol. The van der Waals surface area contributed by atoms with E-state index < -0.39 is 5.54 Å². The molecule has 0 aliphatic carbocycles. The van der Waals surface area contributed by atoms with Gasteiger partial charge in [-0.15, -0.1) is 0 Å². The molecule has 56 heavy (non-hydrogen) atoms. The fourth-order valence-corrected chi connectivity index (χ4v) is 8.21. The van der Waals surface area contributed by atoms with E-state index in [-0.39, 0.29) is 42.6 Å². The third-order valence-corrected chi connectivity index (χ3v) is 11.0. The molecule has 4 aliphatic rings. The lowest BCUT2D eigenvalue weighted by Crippen LogP contribution is -2.49. The molecule has 8 rings (SSSR count). The summed E-state index contributed by atoms with van der Waals surface area (Å²) < 4.78 is 21.8. The maximum atomic E-state index is 14.1. The number of nitrogens with zero attached hydrogens (tertiary/aromatic N) is 8. The van der Waals surface area contributed by atoms with Gasteiger partial charge in [0, 0.05) is 63.3 Å². The van der Waals surface area contributed by atoms with Crippen molar-refractivity contribution in [2.24, 2.45) is 5.10 Å². The van der Waals surface area contributed by atoms with E-state index >= 15 is 0 Å². The molecule has 6 heterocycles. The van der Waals surface area contributed by atoms with Gasteiger partial charge in [-0.2, -0.15) is 5.10 Å². The molecule has 0 bridgehead atoms. The monoisotopic (exact) mass is 761 g/mol. The Balaban J connectivity index is 0.819. The number of rotatable bonds is 10. The first-order chi connectivity index (χ1) is 27.1. The number of amidine groups is 1. The number of amides is 3. The molecule has 2 aromatic carbocycles. The lowest BCUT2D eigenvalue weighted by molar-refractivity contribution is -0.132. The summed E-state index contributed by atoms with van der Waals surface area (Å²) in [5, 5.41) is 8.32. The molecule has 2 aromatic heterocycles. The number of likely N-dealkylation sites (tertiary alicyclic amines) is 1. The van der Waals surface area contributed by atoms with Crippen molar-refractivity contribution in [2.75, 3.05) is 62.7 Å². The summed E-state index contributed by atoms with van der Waals surface area (Å²) in [5.74, 6) is 1.97. The molecule has 0 saturated carbocycles. The number of hydrogen-bond donors (Lipinski definition) is 1. The highest BCUT2D eigenvalue weighted by Crippen LogP contribution is 2.36. The van der Waals surface area contributed by atoms with Gasteiger partial charge in [-0.05, 0) is 75.6 Å². The summed E-state index contributed by atoms with van der Waals surface area (Å²) in [5.41, 5.74) is 3.37. The highest BCUT2D eigenvalue weighted by atomic mass is 19.1. The number of halogens is 1. The second kappa shape index (κ2) is 15.5. The van der Waals surface area contributed by atoms with E-state index in [2.05, 4.69) is 20.1 Å². The highest BCUT2D eigenvalue weighted by molar-refractivity contribution is 6.24. The van der Waals surface area contributed by atoms with Gasteiger partial charge in [-0.1, -0.05) is 24.3 Å². The lowest BCUT2D eigenvalue weighted by atomic mass is 10.0. The predicted octanol–water partition coefficient (Wildman–Crippen LogP) is 5.59. The van der Waals surface area contributed by atoms with Crippen LogP contribution in [0.2, 0.25) is 0 Å². The van der Waals surface area contributed by atoms with Gasteiger partial charge in [-0.25, -0.2) is 19.0 Å². The van der Waals surface area contributed by atoms with E-state index in [1.807, 2.05) is 60.8 Å². The van der Waals surface area contributed by atoms with E-state index in [9.17, 15) is 18.8 Å². The molecule has 0 unspecified atom stereocenters. The summed E-state index contributed by atoms with van der Waals surface area (Å²) in [6, 6.07) is 18.2. The molecule has 1 N–H and O–H groups in total. The fourth-order valence-electron chi connectivity index (χ4n) is 8.21. The minimum atomic E-state index is -0.621. The Bertz CT molecular complexity index is 2170. The van der Waals surface area contributed by atoms with Crippen LogP contribution in [0.1, 0.15) is 84.6 Å². The van der Waals surface area contributed by atoms with E-state index in [1.165, 1.54) is 11.0 Å². The third-order valence-electron chi connectivity index (χ3n) is 11.0. The van der Waals surface area contributed by atoms with Gasteiger partial charge in [0.05, 0.1) is 48.7 Å². The number of imidazole rings is 1. The number of carbonyl (C=O) groups is 3. The molecule has 0 spiro atoms. The first kappa shape index (κ1) is 37.3. The average Bonchev–Trinajstić information content (AvgIpc) is 3.92. The first-order valence-electron chi connectivity index (χ1n) is 19.6. The number of carbonyl (C=O) groups excluding carboxylic acids is 3. The topological polar surface area (TPSA) is 128 Å². The molecule has 3 amide bonds. The Morgan fingerprint density at radius 2 is 1.75 bits per heavy atom. The van der Waals surface area contributed by atoms with Crippen LogP contribution < -0.4 is 10.2 Å². The van der Waals surface area contributed by atoms with Crippen LogP contribution in [0.25, 0.3) is 11.4 Å². The minimum absolute atomic E-state index is 0.0452. The molecule has 292 valence electrons. The number of imide groups is 1. The Labute approximate surface area is 326 Å². The molecule has 1 atom stereocenters.